The molecule has 0 unspecified atom stereocenters. The van der Waals surface area contributed by atoms with Crippen molar-refractivity contribution in [2.75, 3.05) is 35.0 Å². The van der Waals surface area contributed by atoms with Crippen LogP contribution in [0.4, 0.5) is 0 Å². The molecule has 2 aromatic rings. The molecule has 0 bridgehead atoms. The molecular formula is C29H38N2O4. The van der Waals surface area contributed by atoms with E-state index in [2.05, 4.69) is 26.0 Å². The van der Waals surface area contributed by atoms with E-state index in [1.54, 1.807) is 28.4 Å². The summed E-state index contributed by atoms with van der Waals surface area (Å²) in [7, 11) is 6.56. The van der Waals surface area contributed by atoms with Gasteiger partial charge in [-0.05, 0) is 79.3 Å². The molecule has 1 saturated carbocycles. The van der Waals surface area contributed by atoms with Crippen LogP contribution in [0, 0.1) is 23.2 Å². The molecule has 0 saturated heterocycles. The minimum absolute atomic E-state index is 0.140. The second-order valence-electron chi connectivity index (χ2n) is 9.39. The molecule has 0 amide bonds. The molecule has 0 spiro atoms. The SMILES string of the molecule is COc1ccc(CCN=C2CCC[C@@H]([C@@](C#N)(c3ccc(OC)c(OC)c3)C(C)C)C2)cc1OC. The molecule has 1 aliphatic rings. The Labute approximate surface area is 209 Å². The Morgan fingerprint density at radius 3 is 2.17 bits per heavy atom. The Morgan fingerprint density at radius 1 is 0.943 bits per heavy atom. The van der Waals surface area contributed by atoms with Gasteiger partial charge in [0, 0.05) is 12.3 Å². The first-order chi connectivity index (χ1) is 16.9. The van der Waals surface area contributed by atoms with E-state index in [0.717, 1.165) is 55.7 Å². The average molecular weight is 479 g/mol. The number of hydrogen-bond donors (Lipinski definition) is 0. The molecule has 0 aromatic heterocycles. The van der Waals surface area contributed by atoms with Gasteiger partial charge in [0.25, 0.3) is 0 Å². The van der Waals surface area contributed by atoms with Gasteiger partial charge < -0.3 is 18.9 Å². The van der Waals surface area contributed by atoms with Gasteiger partial charge in [-0.2, -0.15) is 5.26 Å². The number of nitrogens with zero attached hydrogens (tertiary/aromatic N) is 2. The fraction of sp³-hybridized carbons (Fsp3) is 0.517. The highest BCUT2D eigenvalue weighted by molar-refractivity contribution is 5.85. The van der Waals surface area contributed by atoms with Crippen LogP contribution in [0.1, 0.15) is 50.7 Å². The van der Waals surface area contributed by atoms with Crippen molar-refractivity contribution in [2.45, 2.75) is 51.4 Å². The maximum atomic E-state index is 10.6. The van der Waals surface area contributed by atoms with Crippen molar-refractivity contribution in [3.63, 3.8) is 0 Å². The lowest BCUT2D eigenvalue weighted by Gasteiger charge is -2.41. The molecule has 2 atom stereocenters. The van der Waals surface area contributed by atoms with E-state index < -0.39 is 5.41 Å². The highest BCUT2D eigenvalue weighted by Crippen LogP contribution is 2.47. The van der Waals surface area contributed by atoms with Crippen molar-refractivity contribution < 1.29 is 18.9 Å². The lowest BCUT2D eigenvalue weighted by atomic mass is 9.60. The first-order valence-electron chi connectivity index (χ1n) is 12.3. The summed E-state index contributed by atoms with van der Waals surface area (Å²) in [6, 6.07) is 14.6. The van der Waals surface area contributed by atoms with Crippen molar-refractivity contribution >= 4 is 5.71 Å². The smallest absolute Gasteiger partial charge is 0.161 e. The standard InChI is InChI=1S/C29H38N2O4/c1-20(2)29(19-30,23-11-13-26(33-4)28(18-23)35-6)22-8-7-9-24(17-22)31-15-14-21-10-12-25(32-3)27(16-21)34-5/h10-13,16,18,20,22H,7-9,14-15,17H2,1-6H3/t22-,29+/m1/s1. The fourth-order valence-corrected chi connectivity index (χ4v) is 5.37. The quantitative estimate of drug-likeness (QED) is 0.418. The lowest BCUT2D eigenvalue weighted by molar-refractivity contribution is 0.237. The molecule has 35 heavy (non-hydrogen) atoms. The summed E-state index contributed by atoms with van der Waals surface area (Å²) in [5, 5.41) is 10.6. The predicted octanol–water partition coefficient (Wildman–Crippen LogP) is 6.01. The van der Waals surface area contributed by atoms with Crippen molar-refractivity contribution in [2.24, 2.45) is 16.8 Å². The first-order valence-corrected chi connectivity index (χ1v) is 12.3. The number of aliphatic imine (C=N–C) groups is 1. The van der Waals surface area contributed by atoms with Crippen LogP contribution in [-0.2, 0) is 11.8 Å². The first kappa shape index (κ1) is 26.4. The van der Waals surface area contributed by atoms with Gasteiger partial charge in [0.2, 0.25) is 0 Å². The molecule has 6 nitrogen and oxygen atoms in total. The van der Waals surface area contributed by atoms with Gasteiger partial charge in [-0.1, -0.05) is 26.0 Å². The third-order valence-electron chi connectivity index (χ3n) is 7.28. The number of rotatable bonds is 10. The number of hydrogen-bond acceptors (Lipinski definition) is 6. The van der Waals surface area contributed by atoms with Gasteiger partial charge in [0.1, 0.15) is 0 Å². The van der Waals surface area contributed by atoms with Crippen LogP contribution in [0.25, 0.3) is 0 Å². The summed E-state index contributed by atoms with van der Waals surface area (Å²) in [4.78, 5) is 4.98. The fourth-order valence-electron chi connectivity index (χ4n) is 5.37. The molecule has 0 heterocycles. The van der Waals surface area contributed by atoms with Gasteiger partial charge >= 0.3 is 0 Å². The normalized spacial score (nSPS) is 18.6. The zero-order valence-electron chi connectivity index (χ0n) is 21.9. The zero-order valence-corrected chi connectivity index (χ0v) is 21.9. The van der Waals surface area contributed by atoms with Crippen LogP contribution >= 0.6 is 0 Å². The molecular weight excluding hydrogens is 440 g/mol. The minimum atomic E-state index is -0.621. The van der Waals surface area contributed by atoms with E-state index in [-0.39, 0.29) is 11.8 Å². The Bertz CT molecular complexity index is 1070. The number of nitriles is 1. The van der Waals surface area contributed by atoms with Crippen LogP contribution in [0.15, 0.2) is 41.4 Å². The Morgan fingerprint density at radius 2 is 1.57 bits per heavy atom. The van der Waals surface area contributed by atoms with Gasteiger partial charge in [0.05, 0.1) is 39.9 Å². The molecule has 1 fully saturated rings. The molecule has 188 valence electrons. The summed E-state index contributed by atoms with van der Waals surface area (Å²) in [5.41, 5.74) is 2.74. The average Bonchev–Trinajstić information content (AvgIpc) is 2.89. The summed E-state index contributed by atoms with van der Waals surface area (Å²) in [6.45, 7) is 5.00. The van der Waals surface area contributed by atoms with E-state index in [1.807, 2.05) is 30.3 Å². The minimum Gasteiger partial charge on any atom is -0.493 e. The Kier molecular flexibility index (Phi) is 9.03. The van der Waals surface area contributed by atoms with Crippen molar-refractivity contribution in [3.8, 4) is 29.1 Å². The summed E-state index contributed by atoms with van der Waals surface area (Å²) < 4.78 is 21.7. The maximum Gasteiger partial charge on any atom is 0.161 e. The monoisotopic (exact) mass is 478 g/mol. The van der Waals surface area contributed by atoms with Gasteiger partial charge in [-0.3, -0.25) is 4.99 Å². The molecule has 6 heteroatoms. The third-order valence-corrected chi connectivity index (χ3v) is 7.28. The summed E-state index contributed by atoms with van der Waals surface area (Å²) >= 11 is 0. The second-order valence-corrected chi connectivity index (χ2v) is 9.39. The van der Waals surface area contributed by atoms with Crippen LogP contribution in [0.3, 0.4) is 0 Å². The highest BCUT2D eigenvalue weighted by Gasteiger charge is 2.45. The van der Waals surface area contributed by atoms with E-state index >= 15 is 0 Å². The topological polar surface area (TPSA) is 73.1 Å². The number of methoxy groups -OCH3 is 4. The largest absolute Gasteiger partial charge is 0.493 e. The Balaban J connectivity index is 1.81. The van der Waals surface area contributed by atoms with E-state index in [9.17, 15) is 5.26 Å². The molecule has 0 aliphatic heterocycles. The predicted molar refractivity (Wildman–Crippen MR) is 139 cm³/mol. The van der Waals surface area contributed by atoms with Gasteiger partial charge in [0.15, 0.2) is 23.0 Å². The summed E-state index contributed by atoms with van der Waals surface area (Å²) in [6.07, 6.45) is 4.72. The molecule has 0 N–H and O–H groups in total. The number of ether oxygens (including phenoxy) is 4. The zero-order chi connectivity index (χ0) is 25.4. The third kappa shape index (κ3) is 5.56. The van der Waals surface area contributed by atoms with Crippen LogP contribution < -0.4 is 18.9 Å². The van der Waals surface area contributed by atoms with Gasteiger partial charge in [-0.25, -0.2) is 0 Å². The van der Waals surface area contributed by atoms with Crippen LogP contribution in [0.2, 0.25) is 0 Å². The number of benzene rings is 2. The maximum absolute atomic E-state index is 10.6. The molecule has 3 rings (SSSR count). The van der Waals surface area contributed by atoms with E-state index in [1.165, 1.54) is 11.3 Å². The van der Waals surface area contributed by atoms with Gasteiger partial charge in [-0.15, -0.1) is 0 Å². The van der Waals surface area contributed by atoms with Crippen molar-refractivity contribution in [1.82, 2.24) is 0 Å². The molecule has 0 radical (unpaired) electrons. The molecule has 2 aromatic carbocycles. The second kappa shape index (κ2) is 12.0. The van der Waals surface area contributed by atoms with Crippen molar-refractivity contribution in [1.29, 1.82) is 5.26 Å². The van der Waals surface area contributed by atoms with Crippen LogP contribution in [-0.4, -0.2) is 40.7 Å². The van der Waals surface area contributed by atoms with Crippen molar-refractivity contribution in [3.05, 3.63) is 47.5 Å². The van der Waals surface area contributed by atoms with E-state index in [4.69, 9.17) is 23.9 Å². The lowest BCUT2D eigenvalue weighted by Crippen LogP contribution is -2.41. The molecule has 1 aliphatic carbocycles. The van der Waals surface area contributed by atoms with E-state index in [0.29, 0.717) is 11.5 Å². The van der Waals surface area contributed by atoms with Crippen LogP contribution in [0.5, 0.6) is 23.0 Å². The highest BCUT2D eigenvalue weighted by atomic mass is 16.5. The Hall–Kier alpha value is -3.20. The summed E-state index contributed by atoms with van der Waals surface area (Å²) in [5.74, 6) is 3.13.